The fraction of sp³-hybridized carbons (Fsp3) is 0.682. The minimum atomic E-state index is -0.569. The number of hydrogen-bond acceptors (Lipinski definition) is 5. The van der Waals surface area contributed by atoms with E-state index in [0.717, 1.165) is 11.1 Å². The van der Waals surface area contributed by atoms with Gasteiger partial charge in [-0.05, 0) is 33.3 Å². The molecular formula is C22H34O5. The van der Waals surface area contributed by atoms with Crippen LogP contribution < -0.4 is 0 Å². The normalized spacial score (nSPS) is 21.8. The molecule has 2 atom stereocenters. The maximum absolute atomic E-state index is 12.3. The average molecular weight is 379 g/mol. The van der Waals surface area contributed by atoms with Crippen molar-refractivity contribution in [3.05, 3.63) is 35.4 Å². The van der Waals surface area contributed by atoms with E-state index in [-0.39, 0.29) is 23.9 Å². The fourth-order valence-electron chi connectivity index (χ4n) is 3.19. The first-order valence-corrected chi connectivity index (χ1v) is 9.55. The minimum Gasteiger partial charge on any atom is -0.376 e. The van der Waals surface area contributed by atoms with Crippen LogP contribution in [0.4, 0.5) is 0 Å². The minimum absolute atomic E-state index is 0.0104. The Labute approximate surface area is 163 Å². The van der Waals surface area contributed by atoms with Gasteiger partial charge in [-0.25, -0.2) is 0 Å². The van der Waals surface area contributed by atoms with Crippen molar-refractivity contribution in [2.75, 3.05) is 14.2 Å². The van der Waals surface area contributed by atoms with Crippen molar-refractivity contribution in [3.63, 3.8) is 0 Å². The lowest BCUT2D eigenvalue weighted by Gasteiger charge is -2.38. The van der Waals surface area contributed by atoms with Gasteiger partial charge in [0, 0.05) is 32.1 Å². The van der Waals surface area contributed by atoms with Gasteiger partial charge in [0.25, 0.3) is 0 Å². The first kappa shape index (κ1) is 22.0. The van der Waals surface area contributed by atoms with Crippen LogP contribution in [0.15, 0.2) is 24.3 Å². The summed E-state index contributed by atoms with van der Waals surface area (Å²) >= 11 is 0. The highest BCUT2D eigenvalue weighted by Crippen LogP contribution is 2.42. The van der Waals surface area contributed by atoms with Gasteiger partial charge in [0.15, 0.2) is 6.29 Å². The van der Waals surface area contributed by atoms with Crippen LogP contribution in [-0.4, -0.2) is 43.4 Å². The number of carbonyl (C=O) groups excluding carboxylic acids is 1. The van der Waals surface area contributed by atoms with Crippen LogP contribution in [0.3, 0.4) is 0 Å². The number of carbonyl (C=O) groups is 1. The Morgan fingerprint density at radius 3 is 1.93 bits per heavy atom. The second-order valence-corrected chi connectivity index (χ2v) is 8.56. The van der Waals surface area contributed by atoms with Crippen molar-refractivity contribution in [2.45, 2.75) is 77.7 Å². The Hall–Kier alpha value is -1.27. The van der Waals surface area contributed by atoms with Crippen LogP contribution in [-0.2, 0) is 30.2 Å². The quantitative estimate of drug-likeness (QED) is 0.682. The SMILES string of the molecule is COC(C)(C)[C@@H]1OC(c2ccccc2CC(=O)C(C)C)O[C@H]1C(C)(C)OC. The zero-order valence-corrected chi connectivity index (χ0v) is 17.9. The summed E-state index contributed by atoms with van der Waals surface area (Å²) in [7, 11) is 3.34. The molecule has 1 heterocycles. The molecule has 0 N–H and O–H groups in total. The summed E-state index contributed by atoms with van der Waals surface area (Å²) in [5.41, 5.74) is 0.708. The summed E-state index contributed by atoms with van der Waals surface area (Å²) in [6, 6.07) is 7.81. The second-order valence-electron chi connectivity index (χ2n) is 8.56. The Kier molecular flexibility index (Phi) is 6.85. The summed E-state index contributed by atoms with van der Waals surface area (Å²) in [6.07, 6.45) is -0.846. The van der Waals surface area contributed by atoms with Crippen molar-refractivity contribution in [3.8, 4) is 0 Å². The van der Waals surface area contributed by atoms with E-state index in [1.165, 1.54) is 0 Å². The monoisotopic (exact) mass is 378 g/mol. The Morgan fingerprint density at radius 2 is 1.48 bits per heavy atom. The first-order valence-electron chi connectivity index (χ1n) is 9.55. The predicted molar refractivity (Wildman–Crippen MR) is 105 cm³/mol. The third kappa shape index (κ3) is 4.77. The first-order chi connectivity index (χ1) is 12.5. The van der Waals surface area contributed by atoms with E-state index in [1.807, 2.05) is 65.8 Å². The summed E-state index contributed by atoms with van der Waals surface area (Å²) in [5.74, 6) is 0.187. The van der Waals surface area contributed by atoms with Gasteiger partial charge in [0.2, 0.25) is 0 Å². The zero-order valence-electron chi connectivity index (χ0n) is 17.9. The van der Waals surface area contributed by atoms with Crippen LogP contribution in [0.1, 0.15) is 59.0 Å². The van der Waals surface area contributed by atoms with E-state index in [2.05, 4.69) is 0 Å². The van der Waals surface area contributed by atoms with Gasteiger partial charge < -0.3 is 18.9 Å². The number of Topliss-reactive ketones (excluding diaryl/α,β-unsaturated/α-hetero) is 1. The maximum Gasteiger partial charge on any atom is 0.185 e. The summed E-state index contributed by atoms with van der Waals surface area (Å²) < 4.78 is 24.1. The summed E-state index contributed by atoms with van der Waals surface area (Å²) in [5, 5.41) is 0. The van der Waals surface area contributed by atoms with Gasteiger partial charge in [0.05, 0.1) is 11.2 Å². The summed E-state index contributed by atoms with van der Waals surface area (Å²) in [6.45, 7) is 11.8. The van der Waals surface area contributed by atoms with E-state index >= 15 is 0 Å². The topological polar surface area (TPSA) is 54.0 Å². The lowest BCUT2D eigenvalue weighted by atomic mass is 9.87. The molecule has 0 amide bonds. The molecular weight excluding hydrogens is 344 g/mol. The van der Waals surface area contributed by atoms with Crippen LogP contribution in [0.25, 0.3) is 0 Å². The van der Waals surface area contributed by atoms with Crippen LogP contribution in [0.5, 0.6) is 0 Å². The molecule has 1 aliphatic rings. The molecule has 5 nitrogen and oxygen atoms in total. The highest BCUT2D eigenvalue weighted by molar-refractivity contribution is 5.82. The molecule has 0 saturated carbocycles. The Morgan fingerprint density at radius 1 is 1.00 bits per heavy atom. The van der Waals surface area contributed by atoms with Crippen molar-refractivity contribution < 1.29 is 23.7 Å². The average Bonchev–Trinajstić information content (AvgIpc) is 3.09. The standard InChI is InChI=1S/C22H34O5/c1-14(2)17(23)13-15-11-9-10-12-16(15)20-26-18(21(3,4)24-7)19(27-20)22(5,6)25-8/h9-12,14,18-20H,13H2,1-8H3/t18-,19-/m1/s1. The third-order valence-corrected chi connectivity index (χ3v) is 5.56. The lowest BCUT2D eigenvalue weighted by molar-refractivity contribution is -0.132. The molecule has 0 radical (unpaired) electrons. The smallest absolute Gasteiger partial charge is 0.185 e. The Bertz CT molecular complexity index is 626. The van der Waals surface area contributed by atoms with Crippen LogP contribution in [0.2, 0.25) is 0 Å². The van der Waals surface area contributed by atoms with Crippen LogP contribution in [0, 0.1) is 5.92 Å². The molecule has 0 aromatic heterocycles. The molecule has 1 aromatic rings. The Balaban J connectivity index is 2.37. The number of hydrogen-bond donors (Lipinski definition) is 0. The van der Waals surface area contributed by atoms with E-state index in [0.29, 0.717) is 6.42 Å². The van der Waals surface area contributed by atoms with E-state index in [4.69, 9.17) is 18.9 Å². The third-order valence-electron chi connectivity index (χ3n) is 5.56. The molecule has 1 fully saturated rings. The van der Waals surface area contributed by atoms with Gasteiger partial charge in [0.1, 0.15) is 18.0 Å². The molecule has 1 saturated heterocycles. The number of rotatable bonds is 8. The molecule has 27 heavy (non-hydrogen) atoms. The molecule has 152 valence electrons. The number of benzene rings is 1. The molecule has 1 aromatic carbocycles. The van der Waals surface area contributed by atoms with Crippen molar-refractivity contribution >= 4 is 5.78 Å². The molecule has 0 bridgehead atoms. The van der Waals surface area contributed by atoms with Gasteiger partial charge in [-0.2, -0.15) is 0 Å². The van der Waals surface area contributed by atoms with Gasteiger partial charge in [-0.15, -0.1) is 0 Å². The molecule has 1 aliphatic heterocycles. The molecule has 5 heteroatoms. The predicted octanol–water partition coefficient (Wildman–Crippen LogP) is 4.09. The van der Waals surface area contributed by atoms with Gasteiger partial charge in [-0.1, -0.05) is 38.1 Å². The fourth-order valence-corrected chi connectivity index (χ4v) is 3.19. The van der Waals surface area contributed by atoms with Crippen molar-refractivity contribution in [2.24, 2.45) is 5.92 Å². The summed E-state index contributed by atoms with van der Waals surface area (Å²) in [4.78, 5) is 12.3. The number of methoxy groups -OCH3 is 2. The number of ether oxygens (including phenoxy) is 4. The molecule has 0 spiro atoms. The van der Waals surface area contributed by atoms with E-state index in [9.17, 15) is 4.79 Å². The lowest BCUT2D eigenvalue weighted by Crippen LogP contribution is -2.53. The molecule has 0 unspecified atom stereocenters. The van der Waals surface area contributed by atoms with Crippen LogP contribution >= 0.6 is 0 Å². The van der Waals surface area contributed by atoms with Crippen molar-refractivity contribution in [1.29, 1.82) is 0 Å². The highest BCUT2D eigenvalue weighted by atomic mass is 16.7. The molecule has 0 aliphatic carbocycles. The van der Waals surface area contributed by atoms with Gasteiger partial charge in [-0.3, -0.25) is 4.79 Å². The largest absolute Gasteiger partial charge is 0.376 e. The number of ketones is 1. The molecule has 2 rings (SSSR count). The van der Waals surface area contributed by atoms with E-state index in [1.54, 1.807) is 14.2 Å². The van der Waals surface area contributed by atoms with E-state index < -0.39 is 17.5 Å². The maximum atomic E-state index is 12.3. The van der Waals surface area contributed by atoms with Crippen molar-refractivity contribution in [1.82, 2.24) is 0 Å². The van der Waals surface area contributed by atoms with Gasteiger partial charge >= 0.3 is 0 Å². The second kappa shape index (κ2) is 8.39. The zero-order chi connectivity index (χ0) is 20.4. The highest BCUT2D eigenvalue weighted by Gasteiger charge is 2.52.